The van der Waals surface area contributed by atoms with Crippen LogP contribution < -0.4 is 5.32 Å². The molecule has 26 heavy (non-hydrogen) atoms. The fourth-order valence-electron chi connectivity index (χ4n) is 4.83. The van der Waals surface area contributed by atoms with Crippen LogP contribution in [0.3, 0.4) is 0 Å². The van der Waals surface area contributed by atoms with Gasteiger partial charge in [0, 0.05) is 36.3 Å². The van der Waals surface area contributed by atoms with Crippen LogP contribution in [0, 0.1) is 5.92 Å². The van der Waals surface area contributed by atoms with Crippen molar-refractivity contribution in [3.8, 4) is 0 Å². The Bertz CT molecular complexity index is 562. The van der Waals surface area contributed by atoms with Crippen molar-refractivity contribution in [2.24, 2.45) is 5.92 Å². The maximum Gasteiger partial charge on any atom is 0.162 e. The number of benzene rings is 1. The van der Waals surface area contributed by atoms with E-state index in [9.17, 15) is 4.79 Å². The van der Waals surface area contributed by atoms with E-state index < -0.39 is 0 Å². The molecule has 1 N–H and O–H groups in total. The number of carbonyl (C=O) groups excluding carboxylic acids is 1. The van der Waals surface area contributed by atoms with Crippen molar-refractivity contribution in [2.45, 2.75) is 83.2 Å². The Morgan fingerprint density at radius 3 is 2.35 bits per heavy atom. The summed E-state index contributed by atoms with van der Waals surface area (Å²) in [7, 11) is 2.34. The first-order chi connectivity index (χ1) is 12.7. The number of carbonyl (C=O) groups is 1. The smallest absolute Gasteiger partial charge is 0.162 e. The number of hydrogen-bond donors (Lipinski definition) is 1. The number of Topliss-reactive ketones (excluding diaryl/α,β-unsaturated/α-hetero) is 1. The summed E-state index contributed by atoms with van der Waals surface area (Å²) in [5.74, 6) is 0.953. The zero-order valence-corrected chi connectivity index (χ0v) is 16.7. The monoisotopic (exact) mass is 356 g/mol. The van der Waals surface area contributed by atoms with Crippen LogP contribution in [0.25, 0.3) is 0 Å². The first kappa shape index (κ1) is 19.4. The lowest BCUT2D eigenvalue weighted by atomic mass is 9.83. The molecule has 3 heteroatoms. The molecule has 144 valence electrons. The van der Waals surface area contributed by atoms with Gasteiger partial charge in [-0.15, -0.1) is 0 Å². The molecule has 0 amide bonds. The molecule has 1 aromatic carbocycles. The Hall–Kier alpha value is -1.35. The highest BCUT2D eigenvalue weighted by Gasteiger charge is 2.28. The maximum absolute atomic E-state index is 11.8. The number of ketones is 1. The Morgan fingerprint density at radius 2 is 1.65 bits per heavy atom. The summed E-state index contributed by atoms with van der Waals surface area (Å²) in [6.07, 6.45) is 12.9. The fourth-order valence-corrected chi connectivity index (χ4v) is 4.83. The number of nitrogens with one attached hydrogen (secondary N) is 1. The molecule has 0 saturated heterocycles. The SMILES string of the molecule is CCC(=O)c1ccc(NC2CCCCC2CN(C)C2CCCCC2)cc1. The summed E-state index contributed by atoms with van der Waals surface area (Å²) in [6, 6.07) is 9.47. The maximum atomic E-state index is 11.8. The van der Waals surface area contributed by atoms with Crippen LogP contribution in [0.15, 0.2) is 24.3 Å². The van der Waals surface area contributed by atoms with Crippen molar-refractivity contribution in [3.63, 3.8) is 0 Å². The van der Waals surface area contributed by atoms with E-state index in [-0.39, 0.29) is 5.78 Å². The van der Waals surface area contributed by atoms with Gasteiger partial charge in [0.1, 0.15) is 0 Å². The second kappa shape index (κ2) is 9.55. The lowest BCUT2D eigenvalue weighted by molar-refractivity contribution is 0.0988. The predicted octanol–water partition coefficient (Wildman–Crippen LogP) is 5.51. The number of rotatable bonds is 7. The van der Waals surface area contributed by atoms with Gasteiger partial charge in [-0.3, -0.25) is 4.79 Å². The zero-order valence-electron chi connectivity index (χ0n) is 16.7. The molecule has 2 saturated carbocycles. The minimum atomic E-state index is 0.223. The van der Waals surface area contributed by atoms with E-state index in [0.29, 0.717) is 12.5 Å². The van der Waals surface area contributed by atoms with Crippen LogP contribution in [0.2, 0.25) is 0 Å². The first-order valence-corrected chi connectivity index (χ1v) is 10.8. The van der Waals surface area contributed by atoms with Crippen LogP contribution in [-0.4, -0.2) is 36.4 Å². The van der Waals surface area contributed by atoms with Gasteiger partial charge in [0.15, 0.2) is 5.78 Å². The van der Waals surface area contributed by atoms with E-state index in [2.05, 4.69) is 29.4 Å². The van der Waals surface area contributed by atoms with Gasteiger partial charge in [0.2, 0.25) is 0 Å². The van der Waals surface area contributed by atoms with Crippen LogP contribution >= 0.6 is 0 Å². The summed E-state index contributed by atoms with van der Waals surface area (Å²) in [5.41, 5.74) is 1.99. The molecule has 3 rings (SSSR count). The Kier molecular flexibility index (Phi) is 7.13. The van der Waals surface area contributed by atoms with Gasteiger partial charge in [0.05, 0.1) is 0 Å². The molecule has 2 unspecified atom stereocenters. The molecule has 0 radical (unpaired) electrons. The van der Waals surface area contributed by atoms with E-state index in [1.165, 1.54) is 64.3 Å². The molecule has 0 bridgehead atoms. The molecule has 0 aromatic heterocycles. The van der Waals surface area contributed by atoms with Crippen LogP contribution in [0.1, 0.15) is 81.5 Å². The molecular weight excluding hydrogens is 320 g/mol. The molecule has 0 aliphatic heterocycles. The van der Waals surface area contributed by atoms with Crippen molar-refractivity contribution < 1.29 is 4.79 Å². The average Bonchev–Trinajstić information content (AvgIpc) is 2.70. The lowest BCUT2D eigenvalue weighted by Gasteiger charge is -2.39. The van der Waals surface area contributed by atoms with Gasteiger partial charge in [0.25, 0.3) is 0 Å². The molecule has 2 atom stereocenters. The molecule has 2 aliphatic rings. The third kappa shape index (κ3) is 5.09. The first-order valence-electron chi connectivity index (χ1n) is 10.8. The number of hydrogen-bond acceptors (Lipinski definition) is 3. The summed E-state index contributed by atoms with van der Waals surface area (Å²) in [5, 5.41) is 3.79. The summed E-state index contributed by atoms with van der Waals surface area (Å²) in [4.78, 5) is 14.5. The molecule has 0 spiro atoms. The number of anilines is 1. The molecule has 2 aliphatic carbocycles. The van der Waals surface area contributed by atoms with Crippen LogP contribution in [-0.2, 0) is 0 Å². The summed E-state index contributed by atoms with van der Waals surface area (Å²) >= 11 is 0. The standard InChI is InChI=1S/C23H36N2O/c1-3-23(26)18-13-15-20(16-14-18)24-22-12-8-7-9-19(22)17-25(2)21-10-5-4-6-11-21/h13-16,19,21-22,24H,3-12,17H2,1-2H3. The van der Waals surface area contributed by atoms with Crippen molar-refractivity contribution in [3.05, 3.63) is 29.8 Å². The van der Waals surface area contributed by atoms with Gasteiger partial charge in [-0.25, -0.2) is 0 Å². The minimum Gasteiger partial charge on any atom is -0.382 e. The molecule has 3 nitrogen and oxygen atoms in total. The molecule has 0 heterocycles. The quantitative estimate of drug-likeness (QED) is 0.653. The highest BCUT2D eigenvalue weighted by molar-refractivity contribution is 5.96. The van der Waals surface area contributed by atoms with Gasteiger partial charge in [-0.1, -0.05) is 39.0 Å². The van der Waals surface area contributed by atoms with Gasteiger partial charge >= 0.3 is 0 Å². The Morgan fingerprint density at radius 1 is 1.00 bits per heavy atom. The third-order valence-corrected chi connectivity index (χ3v) is 6.51. The fraction of sp³-hybridized carbons (Fsp3) is 0.696. The van der Waals surface area contributed by atoms with E-state index in [1.807, 2.05) is 19.1 Å². The Labute approximate surface area is 159 Å². The van der Waals surface area contributed by atoms with E-state index in [0.717, 1.165) is 23.2 Å². The summed E-state index contributed by atoms with van der Waals surface area (Å²) < 4.78 is 0. The van der Waals surface area contributed by atoms with Crippen LogP contribution in [0.4, 0.5) is 5.69 Å². The van der Waals surface area contributed by atoms with Crippen molar-refractivity contribution in [1.82, 2.24) is 4.90 Å². The van der Waals surface area contributed by atoms with Crippen molar-refractivity contribution >= 4 is 11.5 Å². The zero-order chi connectivity index (χ0) is 18.4. The van der Waals surface area contributed by atoms with Gasteiger partial charge < -0.3 is 10.2 Å². The molecule has 2 fully saturated rings. The predicted molar refractivity (Wildman–Crippen MR) is 110 cm³/mol. The highest BCUT2D eigenvalue weighted by atomic mass is 16.1. The lowest BCUT2D eigenvalue weighted by Crippen LogP contribution is -2.43. The van der Waals surface area contributed by atoms with Crippen LogP contribution in [0.5, 0.6) is 0 Å². The second-order valence-electron chi connectivity index (χ2n) is 8.38. The third-order valence-electron chi connectivity index (χ3n) is 6.51. The second-order valence-corrected chi connectivity index (χ2v) is 8.38. The number of nitrogens with zero attached hydrogens (tertiary/aromatic N) is 1. The molecular formula is C23H36N2O. The van der Waals surface area contributed by atoms with E-state index >= 15 is 0 Å². The largest absolute Gasteiger partial charge is 0.382 e. The van der Waals surface area contributed by atoms with Crippen molar-refractivity contribution in [2.75, 3.05) is 18.9 Å². The normalized spacial score (nSPS) is 24.6. The van der Waals surface area contributed by atoms with E-state index in [1.54, 1.807) is 0 Å². The Balaban J connectivity index is 1.58. The highest BCUT2D eigenvalue weighted by Crippen LogP contribution is 2.30. The van der Waals surface area contributed by atoms with Crippen molar-refractivity contribution in [1.29, 1.82) is 0 Å². The molecule has 1 aromatic rings. The minimum absolute atomic E-state index is 0.223. The average molecular weight is 357 g/mol. The topological polar surface area (TPSA) is 32.3 Å². The van der Waals surface area contributed by atoms with Gasteiger partial charge in [-0.2, -0.15) is 0 Å². The summed E-state index contributed by atoms with van der Waals surface area (Å²) in [6.45, 7) is 3.14. The van der Waals surface area contributed by atoms with Gasteiger partial charge in [-0.05, 0) is 62.9 Å². The van der Waals surface area contributed by atoms with E-state index in [4.69, 9.17) is 0 Å².